The standard InChI is InChI=1S/C18H23N3O2/c1-21(13-19)18(23)16(12-14-8-4-2-5-9-14)20-17(22)15-10-6-3-7-11-15/h3,6-7,10-11,14,16H,2,4-5,8-9,12H2,1H3,(H,20,22)/t16-/m0/s1. The van der Waals surface area contributed by atoms with E-state index in [1.54, 1.807) is 24.3 Å². The molecule has 0 aromatic heterocycles. The highest BCUT2D eigenvalue weighted by Gasteiger charge is 2.28. The Morgan fingerprint density at radius 3 is 2.52 bits per heavy atom. The van der Waals surface area contributed by atoms with Crippen LogP contribution in [0, 0.1) is 17.4 Å². The lowest BCUT2D eigenvalue weighted by Gasteiger charge is -2.27. The molecule has 1 N–H and O–H groups in total. The Morgan fingerprint density at radius 2 is 1.91 bits per heavy atom. The molecule has 5 heteroatoms. The van der Waals surface area contributed by atoms with E-state index in [1.165, 1.54) is 26.3 Å². The molecule has 23 heavy (non-hydrogen) atoms. The highest BCUT2D eigenvalue weighted by atomic mass is 16.2. The van der Waals surface area contributed by atoms with Crippen molar-refractivity contribution in [3.8, 4) is 6.19 Å². The van der Waals surface area contributed by atoms with Gasteiger partial charge in [-0.05, 0) is 24.5 Å². The first-order valence-electron chi connectivity index (χ1n) is 8.15. The van der Waals surface area contributed by atoms with Crippen molar-refractivity contribution in [2.45, 2.75) is 44.6 Å². The average Bonchev–Trinajstić information content (AvgIpc) is 2.61. The zero-order valence-electron chi connectivity index (χ0n) is 13.5. The Hall–Kier alpha value is -2.35. The second kappa shape index (κ2) is 8.33. The van der Waals surface area contributed by atoms with Gasteiger partial charge in [0, 0.05) is 12.6 Å². The van der Waals surface area contributed by atoms with Gasteiger partial charge in [-0.1, -0.05) is 50.3 Å². The number of nitrogens with zero attached hydrogens (tertiary/aromatic N) is 2. The quantitative estimate of drug-likeness (QED) is 0.671. The minimum absolute atomic E-state index is 0.272. The van der Waals surface area contributed by atoms with Gasteiger partial charge in [-0.15, -0.1) is 0 Å². The zero-order valence-corrected chi connectivity index (χ0v) is 13.5. The zero-order chi connectivity index (χ0) is 16.7. The highest BCUT2D eigenvalue weighted by molar-refractivity contribution is 5.97. The number of hydrogen-bond donors (Lipinski definition) is 1. The summed E-state index contributed by atoms with van der Waals surface area (Å²) in [6.45, 7) is 0. The number of benzene rings is 1. The molecule has 0 unspecified atom stereocenters. The molecule has 122 valence electrons. The van der Waals surface area contributed by atoms with Crippen molar-refractivity contribution in [1.29, 1.82) is 5.26 Å². The number of carbonyl (C=O) groups is 2. The molecule has 1 aromatic carbocycles. The van der Waals surface area contributed by atoms with E-state index in [4.69, 9.17) is 5.26 Å². The number of nitrogens with one attached hydrogen (secondary N) is 1. The fraction of sp³-hybridized carbons (Fsp3) is 0.500. The van der Waals surface area contributed by atoms with Crippen LogP contribution in [0.2, 0.25) is 0 Å². The first kappa shape index (κ1) is 17.0. The van der Waals surface area contributed by atoms with Crippen LogP contribution in [0.5, 0.6) is 0 Å². The molecule has 0 bridgehead atoms. The van der Waals surface area contributed by atoms with Gasteiger partial charge in [0.2, 0.25) is 0 Å². The monoisotopic (exact) mass is 313 g/mol. The topological polar surface area (TPSA) is 73.2 Å². The Kier molecular flexibility index (Phi) is 6.16. The molecule has 2 amide bonds. The van der Waals surface area contributed by atoms with Crippen LogP contribution in [0.15, 0.2) is 30.3 Å². The lowest BCUT2D eigenvalue weighted by Crippen LogP contribution is -2.47. The maximum atomic E-state index is 12.4. The summed E-state index contributed by atoms with van der Waals surface area (Å²) in [5.41, 5.74) is 0.522. The van der Waals surface area contributed by atoms with Crippen molar-refractivity contribution in [2.75, 3.05) is 7.05 Å². The van der Waals surface area contributed by atoms with Crippen LogP contribution in [0.1, 0.15) is 48.9 Å². The van der Waals surface area contributed by atoms with E-state index in [2.05, 4.69) is 5.32 Å². The smallest absolute Gasteiger partial charge is 0.257 e. The van der Waals surface area contributed by atoms with Gasteiger partial charge in [-0.2, -0.15) is 5.26 Å². The van der Waals surface area contributed by atoms with E-state index in [-0.39, 0.29) is 11.8 Å². The van der Waals surface area contributed by atoms with Crippen molar-refractivity contribution in [1.82, 2.24) is 10.2 Å². The SMILES string of the molecule is CN(C#N)C(=O)[C@H](CC1CCCCC1)NC(=O)c1ccccc1. The molecule has 1 saturated carbocycles. The Balaban J connectivity index is 2.07. The van der Waals surface area contributed by atoms with Gasteiger partial charge in [0.05, 0.1) is 0 Å². The summed E-state index contributed by atoms with van der Waals surface area (Å²) in [6, 6.07) is 8.19. The second-order valence-corrected chi connectivity index (χ2v) is 6.13. The lowest BCUT2D eigenvalue weighted by molar-refractivity contribution is -0.129. The molecule has 5 nitrogen and oxygen atoms in total. The van der Waals surface area contributed by atoms with Crippen LogP contribution in [0.25, 0.3) is 0 Å². The van der Waals surface area contributed by atoms with Crippen LogP contribution in [0.3, 0.4) is 0 Å². The van der Waals surface area contributed by atoms with E-state index in [0.717, 1.165) is 17.7 Å². The van der Waals surface area contributed by atoms with Crippen molar-refractivity contribution in [2.24, 2.45) is 5.92 Å². The molecule has 0 spiro atoms. The first-order chi connectivity index (χ1) is 11.1. The minimum atomic E-state index is -0.643. The molecular weight excluding hydrogens is 290 g/mol. The molecule has 1 aliphatic rings. The summed E-state index contributed by atoms with van der Waals surface area (Å²) in [6.07, 6.45) is 8.18. The van der Waals surface area contributed by atoms with Crippen LogP contribution < -0.4 is 5.32 Å². The van der Waals surface area contributed by atoms with Gasteiger partial charge >= 0.3 is 0 Å². The normalized spacial score (nSPS) is 16.2. The van der Waals surface area contributed by atoms with Crippen molar-refractivity contribution in [3.05, 3.63) is 35.9 Å². The van der Waals surface area contributed by atoms with Gasteiger partial charge in [-0.3, -0.25) is 14.5 Å². The Bertz CT molecular complexity index is 574. The summed E-state index contributed by atoms with van der Waals surface area (Å²) in [7, 11) is 1.44. The fourth-order valence-corrected chi connectivity index (χ4v) is 3.09. The summed E-state index contributed by atoms with van der Waals surface area (Å²) in [5, 5.41) is 11.8. The van der Waals surface area contributed by atoms with E-state index >= 15 is 0 Å². The Morgan fingerprint density at radius 1 is 1.26 bits per heavy atom. The van der Waals surface area contributed by atoms with Gasteiger partial charge in [-0.25, -0.2) is 0 Å². The third-order valence-electron chi connectivity index (χ3n) is 4.41. The summed E-state index contributed by atoms with van der Waals surface area (Å²) >= 11 is 0. The van der Waals surface area contributed by atoms with E-state index in [9.17, 15) is 9.59 Å². The summed E-state index contributed by atoms with van der Waals surface area (Å²) in [5.74, 6) is -0.186. The van der Waals surface area contributed by atoms with E-state index in [0.29, 0.717) is 17.9 Å². The minimum Gasteiger partial charge on any atom is -0.340 e. The highest BCUT2D eigenvalue weighted by Crippen LogP contribution is 2.27. The molecule has 1 aromatic rings. The predicted molar refractivity (Wildman–Crippen MR) is 87.3 cm³/mol. The lowest BCUT2D eigenvalue weighted by atomic mass is 9.84. The van der Waals surface area contributed by atoms with E-state index in [1.807, 2.05) is 12.3 Å². The average molecular weight is 313 g/mol. The van der Waals surface area contributed by atoms with Gasteiger partial charge in [0.1, 0.15) is 6.04 Å². The molecule has 0 saturated heterocycles. The largest absolute Gasteiger partial charge is 0.340 e. The molecule has 0 heterocycles. The maximum Gasteiger partial charge on any atom is 0.257 e. The number of carbonyl (C=O) groups excluding carboxylic acids is 2. The number of likely N-dealkylation sites (N-methyl/N-ethyl adjacent to an activating group) is 1. The van der Waals surface area contributed by atoms with Crippen LogP contribution in [0.4, 0.5) is 0 Å². The van der Waals surface area contributed by atoms with Crippen molar-refractivity contribution in [3.63, 3.8) is 0 Å². The van der Waals surface area contributed by atoms with Gasteiger partial charge in [0.25, 0.3) is 11.8 Å². The summed E-state index contributed by atoms with van der Waals surface area (Å²) in [4.78, 5) is 25.7. The van der Waals surface area contributed by atoms with Crippen LogP contribution in [-0.4, -0.2) is 29.8 Å². The first-order valence-corrected chi connectivity index (χ1v) is 8.15. The number of nitriles is 1. The maximum absolute atomic E-state index is 12.4. The predicted octanol–water partition coefficient (Wildman–Crippen LogP) is 2.69. The molecule has 2 rings (SSSR count). The number of rotatable bonds is 5. The van der Waals surface area contributed by atoms with Gasteiger partial charge < -0.3 is 5.32 Å². The van der Waals surface area contributed by atoms with Crippen LogP contribution in [-0.2, 0) is 4.79 Å². The van der Waals surface area contributed by atoms with Gasteiger partial charge in [0.15, 0.2) is 6.19 Å². The summed E-state index contributed by atoms with van der Waals surface area (Å²) < 4.78 is 0. The van der Waals surface area contributed by atoms with Crippen LogP contribution >= 0.6 is 0 Å². The van der Waals surface area contributed by atoms with E-state index < -0.39 is 6.04 Å². The van der Waals surface area contributed by atoms with Crippen molar-refractivity contribution >= 4 is 11.8 Å². The molecule has 1 fully saturated rings. The molecule has 1 atom stereocenters. The molecule has 0 radical (unpaired) electrons. The third kappa shape index (κ3) is 4.82. The molecule has 0 aliphatic heterocycles. The fourth-order valence-electron chi connectivity index (χ4n) is 3.09. The Labute approximate surface area is 137 Å². The molecule has 1 aliphatic carbocycles. The number of hydrogen-bond acceptors (Lipinski definition) is 3. The third-order valence-corrected chi connectivity index (χ3v) is 4.41. The molecular formula is C18H23N3O2. The van der Waals surface area contributed by atoms with Crippen molar-refractivity contribution < 1.29 is 9.59 Å². The second-order valence-electron chi connectivity index (χ2n) is 6.13. The number of amides is 2.